The third-order valence-corrected chi connectivity index (χ3v) is 12.3. The number of ether oxygens (including phenoxy) is 2. The van der Waals surface area contributed by atoms with Crippen LogP contribution in [0.25, 0.3) is 0 Å². The van der Waals surface area contributed by atoms with E-state index >= 15 is 0 Å². The molecule has 3 unspecified atom stereocenters. The van der Waals surface area contributed by atoms with E-state index in [0.29, 0.717) is 23.4 Å². The van der Waals surface area contributed by atoms with Crippen LogP contribution in [0.1, 0.15) is 80.2 Å². The van der Waals surface area contributed by atoms with E-state index in [4.69, 9.17) is 21.1 Å². The number of carbonyl (C=O) groups excluding carboxylic acids is 4. The third-order valence-electron chi connectivity index (χ3n) is 12.1. The number of benzene rings is 1. The number of hydrogen-bond acceptors (Lipinski definition) is 8. The van der Waals surface area contributed by atoms with Gasteiger partial charge in [-0.2, -0.15) is 0 Å². The van der Waals surface area contributed by atoms with Gasteiger partial charge in [0.25, 0.3) is 0 Å². The Labute approximate surface area is 332 Å². The van der Waals surface area contributed by atoms with Crippen molar-refractivity contribution in [3.8, 4) is 0 Å². The predicted octanol–water partition coefficient (Wildman–Crippen LogP) is 4.00. The Morgan fingerprint density at radius 1 is 0.982 bits per heavy atom. The number of nitrogens with zero attached hydrogens (tertiary/aromatic N) is 2. The summed E-state index contributed by atoms with van der Waals surface area (Å²) >= 11 is 6.11. The number of likely N-dealkylation sites (tertiary alicyclic amines) is 1. The van der Waals surface area contributed by atoms with Gasteiger partial charge in [-0.1, -0.05) is 85.5 Å². The number of methoxy groups -OCH3 is 2. The number of hydrogen-bond donors (Lipinski definition) is 4. The van der Waals surface area contributed by atoms with Gasteiger partial charge in [-0.25, -0.2) is 4.79 Å². The molecule has 1 saturated heterocycles. The second-order valence-electron chi connectivity index (χ2n) is 16.4. The summed E-state index contributed by atoms with van der Waals surface area (Å²) in [5, 5.41) is 19.2. The molecule has 2 fully saturated rings. The first kappa shape index (κ1) is 46.1. The molecule has 4 amide bonds. The average Bonchev–Trinajstić information content (AvgIpc) is 3.55. The number of fused-ring (bicyclic) bond motifs is 1. The molecular weight excluding hydrogens is 726 g/mol. The van der Waals surface area contributed by atoms with Crippen LogP contribution in [-0.4, -0.2) is 121 Å². The van der Waals surface area contributed by atoms with Crippen molar-refractivity contribution in [2.45, 2.75) is 130 Å². The summed E-state index contributed by atoms with van der Waals surface area (Å²) in [4.78, 5) is 71.3. The summed E-state index contributed by atoms with van der Waals surface area (Å²) in [6.45, 7) is 15.5. The molecule has 0 radical (unpaired) electrons. The number of carboxylic acid groups (broad SMARTS) is 1. The predicted molar refractivity (Wildman–Crippen MR) is 212 cm³/mol. The standard InChI is InChI=1S/C41H66ClN5O8/c1-13-23(6)35(46(10)40(51)34(22(4)5)45-39(50)33(43-9)21(2)3)31(54-11)20-32(48)47-30(19-28-24(7)36(28)47)37(55-12)25(8)38(49)44-29(41(52)53)18-26-15-14-16-27(42)17-26/h14-17,21-25,28-31,33-37,43H,13,18-20H2,1-12H3,(H,44,49)(H,45,50)(H,52,53)/t23-,24?,25+,28?,29-,30-,31+,33-,34-,35-,36?,37+/m0/s1. The fourth-order valence-electron chi connectivity index (χ4n) is 8.59. The second-order valence-corrected chi connectivity index (χ2v) is 16.8. The van der Waals surface area contributed by atoms with E-state index in [1.807, 2.05) is 46.4 Å². The van der Waals surface area contributed by atoms with Crippen LogP contribution in [0, 0.1) is 35.5 Å². The first-order chi connectivity index (χ1) is 25.8. The number of amides is 4. The van der Waals surface area contributed by atoms with Gasteiger partial charge in [-0.15, -0.1) is 0 Å². The van der Waals surface area contributed by atoms with Gasteiger partial charge < -0.3 is 40.3 Å². The van der Waals surface area contributed by atoms with Gasteiger partial charge in [0.15, 0.2) is 0 Å². The van der Waals surface area contributed by atoms with E-state index in [2.05, 4.69) is 22.9 Å². The van der Waals surface area contributed by atoms with Crippen LogP contribution in [0.15, 0.2) is 24.3 Å². The maximum Gasteiger partial charge on any atom is 0.326 e. The van der Waals surface area contributed by atoms with Gasteiger partial charge in [-0.05, 0) is 60.8 Å². The van der Waals surface area contributed by atoms with Crippen molar-refractivity contribution >= 4 is 41.2 Å². The molecule has 0 aromatic heterocycles. The van der Waals surface area contributed by atoms with Crippen molar-refractivity contribution in [1.82, 2.24) is 25.8 Å². The van der Waals surface area contributed by atoms with Crippen LogP contribution < -0.4 is 16.0 Å². The fraction of sp³-hybridized carbons (Fsp3) is 0.732. The van der Waals surface area contributed by atoms with Gasteiger partial charge in [0.1, 0.15) is 12.1 Å². The minimum Gasteiger partial charge on any atom is -0.480 e. The van der Waals surface area contributed by atoms with Crippen molar-refractivity contribution in [3.05, 3.63) is 34.9 Å². The Morgan fingerprint density at radius 3 is 2.13 bits per heavy atom. The number of rotatable bonds is 21. The topological polar surface area (TPSA) is 167 Å². The molecular formula is C41H66ClN5O8. The second kappa shape index (κ2) is 20.2. The lowest BCUT2D eigenvalue weighted by atomic mass is 9.89. The molecule has 3 rings (SSSR count). The van der Waals surface area contributed by atoms with Gasteiger partial charge in [0.05, 0.1) is 42.7 Å². The van der Waals surface area contributed by atoms with Crippen LogP contribution in [0.3, 0.4) is 0 Å². The van der Waals surface area contributed by atoms with Crippen molar-refractivity contribution in [2.75, 3.05) is 28.3 Å². The number of piperidine rings is 1. The van der Waals surface area contributed by atoms with Crippen LogP contribution in [0.5, 0.6) is 0 Å². The quantitative estimate of drug-likeness (QED) is 0.144. The highest BCUT2D eigenvalue weighted by Gasteiger charge is 2.62. The number of likely N-dealkylation sites (N-methyl/N-ethyl adjacent to an activating group) is 2. The Bertz CT molecular complexity index is 1490. The number of halogens is 1. The fourth-order valence-corrected chi connectivity index (χ4v) is 8.80. The van der Waals surface area contributed by atoms with Crippen LogP contribution >= 0.6 is 11.6 Å². The number of aliphatic carboxylic acids is 1. The minimum atomic E-state index is -1.19. The van der Waals surface area contributed by atoms with Gasteiger partial charge in [-0.3, -0.25) is 19.2 Å². The first-order valence-corrected chi connectivity index (χ1v) is 20.1. The average molecular weight is 792 g/mol. The normalized spacial score (nSPS) is 23.5. The van der Waals surface area contributed by atoms with E-state index in [1.165, 1.54) is 7.11 Å². The lowest BCUT2D eigenvalue weighted by Gasteiger charge is -2.41. The lowest BCUT2D eigenvalue weighted by Crippen LogP contribution is -2.59. The highest BCUT2D eigenvalue weighted by molar-refractivity contribution is 6.30. The van der Waals surface area contributed by atoms with Crippen LogP contribution in [0.4, 0.5) is 0 Å². The molecule has 1 saturated carbocycles. The first-order valence-electron chi connectivity index (χ1n) is 19.7. The number of nitrogens with one attached hydrogen (secondary N) is 3. The summed E-state index contributed by atoms with van der Waals surface area (Å²) in [5.41, 5.74) is 0.673. The Kier molecular flexibility index (Phi) is 17.0. The molecule has 1 heterocycles. The molecule has 1 aliphatic carbocycles. The Hall–Kier alpha value is -3.26. The van der Waals surface area contributed by atoms with E-state index in [1.54, 1.807) is 57.3 Å². The van der Waals surface area contributed by atoms with Gasteiger partial charge in [0.2, 0.25) is 23.6 Å². The van der Waals surface area contributed by atoms with Crippen molar-refractivity contribution < 1.29 is 38.6 Å². The zero-order valence-electron chi connectivity index (χ0n) is 34.8. The molecule has 55 heavy (non-hydrogen) atoms. The molecule has 1 aromatic rings. The summed E-state index contributed by atoms with van der Waals surface area (Å²) in [6, 6.07) is 3.46. The van der Waals surface area contributed by atoms with Gasteiger partial charge in [0, 0.05) is 38.8 Å². The molecule has 1 aliphatic heterocycles. The highest BCUT2D eigenvalue weighted by Crippen LogP contribution is 2.54. The Balaban J connectivity index is 1.83. The molecule has 0 spiro atoms. The van der Waals surface area contributed by atoms with Crippen LogP contribution in [0.2, 0.25) is 5.02 Å². The zero-order valence-corrected chi connectivity index (χ0v) is 35.6. The summed E-state index contributed by atoms with van der Waals surface area (Å²) in [6.07, 6.45) is 0.0183. The van der Waals surface area contributed by atoms with Crippen molar-refractivity contribution in [3.63, 3.8) is 0 Å². The molecule has 0 bridgehead atoms. The zero-order chi connectivity index (χ0) is 41.5. The minimum absolute atomic E-state index is 0.0127. The largest absolute Gasteiger partial charge is 0.480 e. The molecule has 13 nitrogen and oxygen atoms in total. The number of carboxylic acids is 1. The molecule has 2 aliphatic rings. The number of carbonyl (C=O) groups is 5. The van der Waals surface area contributed by atoms with E-state index in [-0.39, 0.29) is 66.2 Å². The Morgan fingerprint density at radius 2 is 1.62 bits per heavy atom. The molecule has 14 heteroatoms. The summed E-state index contributed by atoms with van der Waals surface area (Å²) in [5.74, 6) is -2.84. The van der Waals surface area contributed by atoms with Crippen molar-refractivity contribution in [2.24, 2.45) is 35.5 Å². The maximum absolute atomic E-state index is 14.5. The third kappa shape index (κ3) is 11.0. The SMILES string of the molecule is CC[C@H](C)[C@@H]([C@@H](CC(=O)N1C2C(C)C2C[C@H]1[C@H](OC)[C@@H](C)C(=O)N[C@@H](Cc1cccc(Cl)c1)C(=O)O)OC)N(C)C(=O)[C@@H](NC(=O)[C@@H](NC)C(C)C)C(C)C. The smallest absolute Gasteiger partial charge is 0.326 e. The monoisotopic (exact) mass is 791 g/mol. The summed E-state index contributed by atoms with van der Waals surface area (Å²) < 4.78 is 12.0. The highest BCUT2D eigenvalue weighted by atomic mass is 35.5. The maximum atomic E-state index is 14.5. The molecule has 12 atom stereocenters. The van der Waals surface area contributed by atoms with E-state index in [0.717, 1.165) is 0 Å². The molecule has 310 valence electrons. The summed E-state index contributed by atoms with van der Waals surface area (Å²) in [7, 11) is 6.49. The molecule has 4 N–H and O–H groups in total. The lowest BCUT2D eigenvalue weighted by molar-refractivity contribution is -0.149. The van der Waals surface area contributed by atoms with E-state index < -0.39 is 60.2 Å². The van der Waals surface area contributed by atoms with Crippen molar-refractivity contribution in [1.29, 1.82) is 0 Å². The molecule has 1 aromatic carbocycles. The van der Waals surface area contributed by atoms with Gasteiger partial charge >= 0.3 is 5.97 Å². The van der Waals surface area contributed by atoms with E-state index in [9.17, 15) is 29.1 Å². The van der Waals surface area contributed by atoms with Crippen LogP contribution in [-0.2, 0) is 39.9 Å².